The first-order chi connectivity index (χ1) is 11.6. The molecule has 0 aliphatic carbocycles. The van der Waals surface area contributed by atoms with Gasteiger partial charge in [0, 0.05) is 31.8 Å². The van der Waals surface area contributed by atoms with Crippen LogP contribution in [0, 0.1) is 6.92 Å². The molecule has 3 rings (SSSR count). The summed E-state index contributed by atoms with van der Waals surface area (Å²) >= 11 is 0. The molecule has 2 aromatic heterocycles. The van der Waals surface area contributed by atoms with Gasteiger partial charge in [0.25, 0.3) is 5.91 Å². The van der Waals surface area contributed by atoms with E-state index in [-0.39, 0.29) is 5.91 Å². The zero-order valence-electron chi connectivity index (χ0n) is 14.3. The van der Waals surface area contributed by atoms with Crippen molar-refractivity contribution >= 4 is 5.91 Å². The molecule has 0 fully saturated rings. The molecule has 0 bridgehead atoms. The van der Waals surface area contributed by atoms with Gasteiger partial charge < -0.3 is 14.8 Å². The molecule has 0 saturated heterocycles. The van der Waals surface area contributed by atoms with Crippen molar-refractivity contribution in [3.05, 3.63) is 34.4 Å². The van der Waals surface area contributed by atoms with Crippen LogP contribution in [0.5, 0.6) is 0 Å². The number of aromatic nitrogens is 4. The van der Waals surface area contributed by atoms with E-state index in [9.17, 15) is 4.79 Å². The third kappa shape index (κ3) is 3.34. The van der Waals surface area contributed by atoms with Crippen molar-refractivity contribution in [2.24, 2.45) is 7.05 Å². The largest absolute Gasteiger partial charge is 0.383 e. The van der Waals surface area contributed by atoms with Crippen molar-refractivity contribution in [3.8, 4) is 0 Å². The van der Waals surface area contributed by atoms with Gasteiger partial charge in [-0.15, -0.1) is 0 Å². The summed E-state index contributed by atoms with van der Waals surface area (Å²) in [5, 5.41) is 11.7. The number of methoxy groups -OCH3 is 1. The summed E-state index contributed by atoms with van der Waals surface area (Å²) in [6.45, 7) is 4.61. The molecule has 1 aliphatic rings. The van der Waals surface area contributed by atoms with Crippen molar-refractivity contribution in [3.63, 3.8) is 0 Å². The van der Waals surface area contributed by atoms with E-state index < -0.39 is 0 Å². The first-order valence-corrected chi connectivity index (χ1v) is 8.03. The molecule has 0 radical (unpaired) electrons. The zero-order valence-corrected chi connectivity index (χ0v) is 14.3. The standard InChI is InChI=1S/C16H23N5O3/c1-11-8-12(20(2)18-11)9-17-16(22)15-13-10-24-6-4-14(13)21(19-15)5-7-23-3/h8H,4-7,9-10H2,1-3H3,(H,17,22). The van der Waals surface area contributed by atoms with Crippen LogP contribution < -0.4 is 5.32 Å². The number of rotatable bonds is 6. The predicted molar refractivity (Wildman–Crippen MR) is 86.6 cm³/mol. The predicted octanol–water partition coefficient (Wildman–Crippen LogP) is 0.574. The van der Waals surface area contributed by atoms with Crippen LogP contribution in [0.4, 0.5) is 0 Å². The Morgan fingerprint density at radius 3 is 3.00 bits per heavy atom. The second-order valence-electron chi connectivity index (χ2n) is 5.88. The maximum absolute atomic E-state index is 12.6. The van der Waals surface area contributed by atoms with Crippen LogP contribution >= 0.6 is 0 Å². The minimum Gasteiger partial charge on any atom is -0.383 e. The van der Waals surface area contributed by atoms with Crippen LogP contribution in [0.2, 0.25) is 0 Å². The highest BCUT2D eigenvalue weighted by Crippen LogP contribution is 2.21. The van der Waals surface area contributed by atoms with Crippen LogP contribution in [-0.2, 0) is 42.6 Å². The number of carbonyl (C=O) groups excluding carboxylic acids is 1. The van der Waals surface area contributed by atoms with Gasteiger partial charge in [0.15, 0.2) is 5.69 Å². The monoisotopic (exact) mass is 333 g/mol. The number of nitrogens with zero attached hydrogens (tertiary/aromatic N) is 4. The van der Waals surface area contributed by atoms with Gasteiger partial charge in [0.1, 0.15) is 0 Å². The second-order valence-corrected chi connectivity index (χ2v) is 5.88. The number of nitrogens with one attached hydrogen (secondary N) is 1. The highest BCUT2D eigenvalue weighted by Gasteiger charge is 2.25. The van der Waals surface area contributed by atoms with Gasteiger partial charge in [-0.1, -0.05) is 0 Å². The van der Waals surface area contributed by atoms with Gasteiger partial charge in [-0.25, -0.2) is 0 Å². The van der Waals surface area contributed by atoms with Crippen LogP contribution in [0.3, 0.4) is 0 Å². The molecular weight excluding hydrogens is 310 g/mol. The molecule has 0 spiro atoms. The third-order valence-electron chi connectivity index (χ3n) is 4.15. The Labute approximate surface area is 140 Å². The molecule has 130 valence electrons. The van der Waals surface area contributed by atoms with Crippen molar-refractivity contribution in [1.82, 2.24) is 24.9 Å². The maximum atomic E-state index is 12.6. The van der Waals surface area contributed by atoms with Gasteiger partial charge in [0.05, 0.1) is 44.3 Å². The van der Waals surface area contributed by atoms with Crippen LogP contribution in [0.1, 0.15) is 33.1 Å². The van der Waals surface area contributed by atoms with Crippen molar-refractivity contribution in [2.45, 2.75) is 33.0 Å². The third-order valence-corrected chi connectivity index (χ3v) is 4.15. The average Bonchev–Trinajstić information content (AvgIpc) is 3.10. The van der Waals surface area contributed by atoms with E-state index in [1.165, 1.54) is 0 Å². The zero-order chi connectivity index (χ0) is 17.1. The number of aryl methyl sites for hydroxylation is 2. The van der Waals surface area contributed by atoms with E-state index in [0.717, 1.165) is 29.1 Å². The second kappa shape index (κ2) is 7.14. The fourth-order valence-corrected chi connectivity index (χ4v) is 2.94. The fraction of sp³-hybridized carbons (Fsp3) is 0.562. The minimum absolute atomic E-state index is 0.188. The van der Waals surface area contributed by atoms with Crippen molar-refractivity contribution in [2.75, 3.05) is 20.3 Å². The Hall–Kier alpha value is -2.19. The summed E-state index contributed by atoms with van der Waals surface area (Å²) in [5.74, 6) is -0.188. The van der Waals surface area contributed by atoms with E-state index in [1.807, 2.05) is 24.7 Å². The number of hydrogen-bond donors (Lipinski definition) is 1. The lowest BCUT2D eigenvalue weighted by molar-refractivity contribution is 0.0921. The highest BCUT2D eigenvalue weighted by molar-refractivity contribution is 5.94. The first kappa shape index (κ1) is 16.7. The maximum Gasteiger partial charge on any atom is 0.272 e. The molecule has 0 unspecified atom stereocenters. The lowest BCUT2D eigenvalue weighted by atomic mass is 10.1. The number of amides is 1. The lowest BCUT2D eigenvalue weighted by Gasteiger charge is -2.14. The van der Waals surface area contributed by atoms with E-state index in [2.05, 4.69) is 15.5 Å². The quantitative estimate of drug-likeness (QED) is 0.836. The fourth-order valence-electron chi connectivity index (χ4n) is 2.94. The Kier molecular flexibility index (Phi) is 4.96. The molecule has 3 heterocycles. The number of fused-ring (bicyclic) bond motifs is 1. The molecule has 1 N–H and O–H groups in total. The lowest BCUT2D eigenvalue weighted by Crippen LogP contribution is -2.26. The normalized spacial score (nSPS) is 13.8. The smallest absolute Gasteiger partial charge is 0.272 e. The van der Waals surface area contributed by atoms with Crippen LogP contribution in [0.25, 0.3) is 0 Å². The Morgan fingerprint density at radius 2 is 2.29 bits per heavy atom. The molecule has 24 heavy (non-hydrogen) atoms. The molecule has 0 saturated carbocycles. The molecule has 0 aromatic carbocycles. The molecule has 1 aliphatic heterocycles. The summed E-state index contributed by atoms with van der Waals surface area (Å²) < 4.78 is 14.3. The topological polar surface area (TPSA) is 83.2 Å². The minimum atomic E-state index is -0.188. The molecule has 8 heteroatoms. The first-order valence-electron chi connectivity index (χ1n) is 8.03. The van der Waals surface area contributed by atoms with E-state index in [4.69, 9.17) is 9.47 Å². The molecule has 1 amide bonds. The summed E-state index contributed by atoms with van der Waals surface area (Å²) in [6, 6.07) is 1.95. The molecular formula is C16H23N5O3. The van der Waals surface area contributed by atoms with Gasteiger partial charge in [-0.2, -0.15) is 10.2 Å². The Balaban J connectivity index is 1.76. The highest BCUT2D eigenvalue weighted by atomic mass is 16.5. The van der Waals surface area contributed by atoms with Crippen molar-refractivity contribution < 1.29 is 14.3 Å². The Morgan fingerprint density at radius 1 is 1.46 bits per heavy atom. The number of hydrogen-bond acceptors (Lipinski definition) is 5. The summed E-state index contributed by atoms with van der Waals surface area (Å²) in [4.78, 5) is 12.6. The Bertz CT molecular complexity index is 734. The molecule has 0 atom stereocenters. The van der Waals surface area contributed by atoms with E-state index >= 15 is 0 Å². The number of ether oxygens (including phenoxy) is 2. The van der Waals surface area contributed by atoms with E-state index in [1.54, 1.807) is 11.8 Å². The SMILES string of the molecule is COCCn1nc(C(=O)NCc2cc(C)nn2C)c2c1CCOC2. The van der Waals surface area contributed by atoms with Crippen LogP contribution in [-0.4, -0.2) is 45.8 Å². The van der Waals surface area contributed by atoms with Gasteiger partial charge in [0.2, 0.25) is 0 Å². The summed E-state index contributed by atoms with van der Waals surface area (Å²) in [5.41, 5.74) is 4.27. The van der Waals surface area contributed by atoms with E-state index in [0.29, 0.717) is 38.6 Å². The summed E-state index contributed by atoms with van der Waals surface area (Å²) in [7, 11) is 3.52. The summed E-state index contributed by atoms with van der Waals surface area (Å²) in [6.07, 6.45) is 0.764. The van der Waals surface area contributed by atoms with Gasteiger partial charge in [-0.05, 0) is 13.0 Å². The van der Waals surface area contributed by atoms with Gasteiger partial charge in [-0.3, -0.25) is 14.2 Å². The number of carbonyl (C=O) groups is 1. The molecule has 2 aromatic rings. The van der Waals surface area contributed by atoms with Crippen molar-refractivity contribution in [1.29, 1.82) is 0 Å². The molecule has 8 nitrogen and oxygen atoms in total. The van der Waals surface area contributed by atoms with Crippen LogP contribution in [0.15, 0.2) is 6.07 Å². The average molecular weight is 333 g/mol. The van der Waals surface area contributed by atoms with Gasteiger partial charge >= 0.3 is 0 Å².